The van der Waals surface area contributed by atoms with E-state index in [1.54, 1.807) is 0 Å². The smallest absolute Gasteiger partial charge is 0.345 e. The number of nitrogens with zero attached hydrogens (tertiary/aromatic N) is 1. The predicted molar refractivity (Wildman–Crippen MR) is 107 cm³/mol. The first kappa shape index (κ1) is 29.4. The zero-order valence-electron chi connectivity index (χ0n) is 19.2. The quantitative estimate of drug-likeness (QED) is 0.217. The summed E-state index contributed by atoms with van der Waals surface area (Å²) in [5.41, 5.74) is -16.2. The van der Waals surface area contributed by atoms with Crippen molar-refractivity contribution in [1.82, 2.24) is 0 Å². The van der Waals surface area contributed by atoms with Gasteiger partial charge in [-0.05, 0) is 5.56 Å². The number of hydrogen-bond donors (Lipinski definition) is 0. The van der Waals surface area contributed by atoms with Crippen LogP contribution in [0.2, 0.25) is 0 Å². The standard InChI is InChI=1S/C24H10F15N/c1-40(7-8-5-3-2-4-6-8)20-12-18(30)17(29)11(19(20)31)23(36,37)21(32,33)9-13(25)15(27)10(16(28)14(9)26)22(34,35)24(12,38)39/h2-6H,7H2,1H3. The van der Waals surface area contributed by atoms with Gasteiger partial charge in [0, 0.05) is 13.6 Å². The Morgan fingerprint density at radius 2 is 0.775 bits per heavy atom. The third kappa shape index (κ3) is 3.66. The SMILES string of the molecule is CN(Cc1ccccc1)c1c(F)c2c(F)c(F)c1C(F)(F)C(F)(F)c1c(F)c(F)c(c(F)c1F)C(F)(F)C2(F)F. The van der Waals surface area contributed by atoms with Gasteiger partial charge in [-0.25, -0.2) is 30.7 Å². The Bertz CT molecular complexity index is 1490. The van der Waals surface area contributed by atoms with Gasteiger partial charge in [0.2, 0.25) is 0 Å². The van der Waals surface area contributed by atoms with E-state index >= 15 is 35.1 Å². The number of benzene rings is 3. The van der Waals surface area contributed by atoms with Gasteiger partial charge >= 0.3 is 23.7 Å². The average molecular weight is 597 g/mol. The fraction of sp³-hybridized carbons (Fsp3) is 0.250. The largest absolute Gasteiger partial charge is 0.367 e. The highest BCUT2D eigenvalue weighted by Gasteiger charge is 2.70. The Kier molecular flexibility index (Phi) is 6.58. The van der Waals surface area contributed by atoms with Crippen molar-refractivity contribution in [2.45, 2.75) is 30.2 Å². The molecule has 0 radical (unpaired) electrons. The third-order valence-corrected chi connectivity index (χ3v) is 6.25. The molecule has 4 bridgehead atoms. The number of rotatable bonds is 3. The molecule has 0 saturated heterocycles. The molecule has 216 valence electrons. The molecule has 40 heavy (non-hydrogen) atoms. The van der Waals surface area contributed by atoms with Crippen molar-refractivity contribution in [3.05, 3.63) is 98.9 Å². The van der Waals surface area contributed by atoms with Crippen LogP contribution in [-0.2, 0) is 30.2 Å². The van der Waals surface area contributed by atoms with Gasteiger partial charge in [0.25, 0.3) is 0 Å². The Balaban J connectivity index is 2.26. The van der Waals surface area contributed by atoms with E-state index in [2.05, 4.69) is 0 Å². The van der Waals surface area contributed by atoms with Crippen molar-refractivity contribution >= 4 is 5.69 Å². The fourth-order valence-electron chi connectivity index (χ4n) is 4.32. The van der Waals surface area contributed by atoms with Gasteiger partial charge < -0.3 is 4.90 Å². The number of halogens is 15. The van der Waals surface area contributed by atoms with Crippen molar-refractivity contribution in [3.63, 3.8) is 0 Å². The lowest BCUT2D eigenvalue weighted by molar-refractivity contribution is -0.235. The highest BCUT2D eigenvalue weighted by atomic mass is 19.3. The number of hydrogen-bond acceptors (Lipinski definition) is 1. The summed E-state index contributed by atoms with van der Waals surface area (Å²) in [5, 5.41) is 0. The van der Waals surface area contributed by atoms with E-state index in [4.69, 9.17) is 0 Å². The molecular formula is C24H10F15N. The van der Waals surface area contributed by atoms with Crippen molar-refractivity contribution in [3.8, 4) is 0 Å². The van der Waals surface area contributed by atoms with Crippen LogP contribution in [0.1, 0.15) is 27.8 Å². The average Bonchev–Trinajstić information content (AvgIpc) is 2.84. The van der Waals surface area contributed by atoms with Crippen LogP contribution in [-0.4, -0.2) is 7.05 Å². The molecule has 0 amide bonds. The van der Waals surface area contributed by atoms with Crippen LogP contribution in [0.3, 0.4) is 0 Å². The maximum Gasteiger partial charge on any atom is 0.345 e. The van der Waals surface area contributed by atoms with Crippen LogP contribution in [0, 0.1) is 40.7 Å². The molecule has 0 N–H and O–H groups in total. The van der Waals surface area contributed by atoms with Crippen LogP contribution in [0.4, 0.5) is 71.5 Å². The number of anilines is 1. The Hall–Kier alpha value is -3.59. The zero-order chi connectivity index (χ0) is 30.3. The van der Waals surface area contributed by atoms with E-state index in [-0.39, 0.29) is 10.5 Å². The van der Waals surface area contributed by atoms with E-state index in [1.807, 2.05) is 0 Å². The van der Waals surface area contributed by atoms with Crippen LogP contribution < -0.4 is 4.90 Å². The van der Waals surface area contributed by atoms with Crippen molar-refractivity contribution in [2.75, 3.05) is 11.9 Å². The second-order valence-corrected chi connectivity index (χ2v) is 8.69. The lowest BCUT2D eigenvalue weighted by Crippen LogP contribution is -2.45. The van der Waals surface area contributed by atoms with Crippen molar-refractivity contribution < 1.29 is 65.9 Å². The summed E-state index contributed by atoms with van der Waals surface area (Å²) < 4.78 is 224. The third-order valence-electron chi connectivity index (χ3n) is 6.25. The topological polar surface area (TPSA) is 3.24 Å². The highest BCUT2D eigenvalue weighted by molar-refractivity contribution is 5.62. The zero-order valence-corrected chi connectivity index (χ0v) is 19.2. The summed E-state index contributed by atoms with van der Waals surface area (Å²) >= 11 is 0. The minimum absolute atomic E-state index is 0.0222. The van der Waals surface area contributed by atoms with Gasteiger partial charge in [-0.3, -0.25) is 0 Å². The fourth-order valence-corrected chi connectivity index (χ4v) is 4.32. The van der Waals surface area contributed by atoms with Gasteiger partial charge in [-0.2, -0.15) is 35.1 Å². The van der Waals surface area contributed by atoms with E-state index in [9.17, 15) is 30.7 Å². The molecular weight excluding hydrogens is 587 g/mol. The maximum absolute atomic E-state index is 15.5. The predicted octanol–water partition coefficient (Wildman–Crippen LogP) is 8.38. The maximum atomic E-state index is 15.5. The van der Waals surface area contributed by atoms with Gasteiger partial charge in [0.15, 0.2) is 40.7 Å². The second-order valence-electron chi connectivity index (χ2n) is 8.69. The second kappa shape index (κ2) is 8.96. The Labute approximate surface area is 213 Å². The van der Waals surface area contributed by atoms with Crippen molar-refractivity contribution in [1.29, 1.82) is 0 Å². The minimum Gasteiger partial charge on any atom is -0.367 e. The van der Waals surface area contributed by atoms with Crippen LogP contribution in [0.25, 0.3) is 0 Å². The lowest BCUT2D eigenvalue weighted by Gasteiger charge is -2.36. The summed E-state index contributed by atoms with van der Waals surface area (Å²) in [4.78, 5) is 0.0334. The lowest BCUT2D eigenvalue weighted by atomic mass is 9.85. The molecule has 16 heteroatoms. The molecule has 0 aromatic heterocycles. The summed E-state index contributed by atoms with van der Waals surface area (Å²) in [6.45, 7) is -0.918. The normalized spacial score (nSPS) is 18.4. The molecule has 4 aliphatic carbocycles. The summed E-state index contributed by atoms with van der Waals surface area (Å²) in [6.07, 6.45) is 0. The number of alkyl halides is 8. The molecule has 0 heterocycles. The molecule has 1 nitrogen and oxygen atoms in total. The van der Waals surface area contributed by atoms with Gasteiger partial charge in [0.05, 0.1) is 11.3 Å². The van der Waals surface area contributed by atoms with Gasteiger partial charge in [-0.15, -0.1) is 0 Å². The molecule has 4 aliphatic rings. The summed E-state index contributed by atoms with van der Waals surface area (Å²) in [6, 6.07) is 6.34. The first-order chi connectivity index (χ1) is 18.2. The van der Waals surface area contributed by atoms with E-state index in [0.29, 0.717) is 7.05 Å². The van der Waals surface area contributed by atoms with E-state index < -0.39 is 98.9 Å². The van der Waals surface area contributed by atoms with E-state index in [0.717, 1.165) is 0 Å². The first-order valence-electron chi connectivity index (χ1n) is 10.6. The molecule has 3 aromatic carbocycles. The molecule has 0 saturated carbocycles. The molecule has 7 rings (SSSR count). The molecule has 0 aliphatic heterocycles. The monoisotopic (exact) mass is 597 g/mol. The minimum atomic E-state index is -6.72. The molecule has 0 unspecified atom stereocenters. The van der Waals surface area contributed by atoms with Gasteiger partial charge in [-0.1, -0.05) is 30.3 Å². The summed E-state index contributed by atoms with van der Waals surface area (Å²) in [7, 11) is 0.501. The Morgan fingerprint density at radius 1 is 0.475 bits per heavy atom. The van der Waals surface area contributed by atoms with E-state index in [1.165, 1.54) is 30.3 Å². The highest BCUT2D eigenvalue weighted by Crippen LogP contribution is 2.60. The first-order valence-corrected chi connectivity index (χ1v) is 10.6. The molecule has 3 aromatic rings. The molecule has 0 atom stereocenters. The molecule has 0 fully saturated rings. The van der Waals surface area contributed by atoms with Crippen molar-refractivity contribution in [2.24, 2.45) is 0 Å². The summed E-state index contributed by atoms with van der Waals surface area (Å²) in [5.74, 6) is -51.4. The van der Waals surface area contributed by atoms with Crippen LogP contribution in [0.15, 0.2) is 30.3 Å². The molecule has 0 spiro atoms. The van der Waals surface area contributed by atoms with Gasteiger partial charge in [0.1, 0.15) is 16.7 Å². The Morgan fingerprint density at radius 3 is 1.15 bits per heavy atom. The van der Waals surface area contributed by atoms with Crippen LogP contribution in [0.5, 0.6) is 0 Å². The van der Waals surface area contributed by atoms with Crippen LogP contribution >= 0.6 is 0 Å².